The van der Waals surface area contributed by atoms with Crippen molar-refractivity contribution < 1.29 is 0 Å². The maximum Gasteiger partial charge on any atom is 0.149 e. The zero-order chi connectivity index (χ0) is 14.2. The van der Waals surface area contributed by atoms with Crippen LogP contribution in [0.5, 0.6) is 0 Å². The number of anilines is 1. The first kappa shape index (κ1) is 15.1. The van der Waals surface area contributed by atoms with Crippen LogP contribution in [0.15, 0.2) is 4.47 Å². The van der Waals surface area contributed by atoms with Crippen molar-refractivity contribution in [3.05, 3.63) is 16.0 Å². The fourth-order valence-electron chi connectivity index (χ4n) is 2.09. The number of halogens is 1. The van der Waals surface area contributed by atoms with Gasteiger partial charge in [-0.2, -0.15) is 11.8 Å². The lowest BCUT2D eigenvalue weighted by atomic mass is 9.91. The van der Waals surface area contributed by atoms with Gasteiger partial charge in [-0.05, 0) is 23.0 Å². The Kier molecular flexibility index (Phi) is 4.42. The van der Waals surface area contributed by atoms with Gasteiger partial charge in [0.2, 0.25) is 0 Å². The van der Waals surface area contributed by atoms with Crippen molar-refractivity contribution in [1.29, 1.82) is 0 Å². The number of nitrogens with zero attached hydrogens (tertiary/aromatic N) is 3. The molecule has 1 aliphatic rings. The van der Waals surface area contributed by atoms with E-state index >= 15 is 0 Å². The van der Waals surface area contributed by atoms with E-state index < -0.39 is 0 Å². The molecule has 0 saturated carbocycles. The Morgan fingerprint density at radius 2 is 2.05 bits per heavy atom. The molecule has 2 heterocycles. The van der Waals surface area contributed by atoms with E-state index in [1.54, 1.807) is 0 Å². The van der Waals surface area contributed by atoms with E-state index in [4.69, 9.17) is 10.7 Å². The highest BCUT2D eigenvalue weighted by atomic mass is 79.9. The molecule has 4 nitrogen and oxygen atoms in total. The van der Waals surface area contributed by atoms with Crippen molar-refractivity contribution >= 4 is 33.5 Å². The Morgan fingerprint density at radius 3 is 2.63 bits per heavy atom. The third-order valence-electron chi connectivity index (χ3n) is 3.30. The topological polar surface area (TPSA) is 55.0 Å². The number of hydrogen-bond acceptors (Lipinski definition) is 5. The highest BCUT2D eigenvalue weighted by Gasteiger charge is 2.28. The van der Waals surface area contributed by atoms with Crippen LogP contribution >= 0.6 is 27.7 Å². The van der Waals surface area contributed by atoms with E-state index in [9.17, 15) is 0 Å². The van der Waals surface area contributed by atoms with Crippen molar-refractivity contribution in [1.82, 2.24) is 14.9 Å². The van der Waals surface area contributed by atoms with Crippen molar-refractivity contribution in [3.63, 3.8) is 0 Å². The molecule has 1 unspecified atom stereocenters. The van der Waals surface area contributed by atoms with Crippen LogP contribution in [0.4, 0.5) is 5.82 Å². The normalized spacial score (nSPS) is 21.6. The third-order valence-corrected chi connectivity index (χ3v) is 5.10. The molecule has 2 N–H and O–H groups in total. The fraction of sp³-hybridized carbons (Fsp3) is 0.692. The second-order valence-corrected chi connectivity index (χ2v) is 7.89. The van der Waals surface area contributed by atoms with Gasteiger partial charge in [0, 0.05) is 23.5 Å². The molecule has 106 valence electrons. The van der Waals surface area contributed by atoms with E-state index in [0.29, 0.717) is 5.82 Å². The number of rotatable bonds is 1. The summed E-state index contributed by atoms with van der Waals surface area (Å²) in [4.78, 5) is 11.6. The molecule has 1 aromatic rings. The van der Waals surface area contributed by atoms with Gasteiger partial charge < -0.3 is 5.73 Å². The summed E-state index contributed by atoms with van der Waals surface area (Å²) in [5.74, 6) is 3.59. The first-order chi connectivity index (χ1) is 8.80. The summed E-state index contributed by atoms with van der Waals surface area (Å²) in [7, 11) is 2.13. The van der Waals surface area contributed by atoms with Gasteiger partial charge in [0.25, 0.3) is 0 Å². The molecule has 0 aromatic carbocycles. The summed E-state index contributed by atoms with van der Waals surface area (Å²) in [5, 5.41) is 0. The van der Waals surface area contributed by atoms with Gasteiger partial charge in [-0.15, -0.1) is 0 Å². The first-order valence-corrected chi connectivity index (χ1v) is 8.37. The second kappa shape index (κ2) is 5.58. The first-order valence-electron chi connectivity index (χ1n) is 6.42. The average Bonchev–Trinajstić information content (AvgIpc) is 2.31. The standard InChI is InChI=1S/C13H21BrN4S/c1-13(2,3)10-9(14)11(15)17-12(16-10)8-7-19-6-5-18(8)4/h8H,5-7H2,1-4H3,(H2,15,16,17). The molecule has 0 aliphatic carbocycles. The fourth-order valence-corrected chi connectivity index (χ4v) is 4.07. The third kappa shape index (κ3) is 3.23. The smallest absolute Gasteiger partial charge is 0.149 e. The van der Waals surface area contributed by atoms with E-state index in [0.717, 1.165) is 28.3 Å². The summed E-state index contributed by atoms with van der Waals surface area (Å²) >= 11 is 5.47. The predicted molar refractivity (Wildman–Crippen MR) is 85.5 cm³/mol. The lowest BCUT2D eigenvalue weighted by molar-refractivity contribution is 0.263. The monoisotopic (exact) mass is 344 g/mol. The van der Waals surface area contributed by atoms with Gasteiger partial charge in [0.1, 0.15) is 11.6 Å². The molecule has 1 saturated heterocycles. The lowest BCUT2D eigenvalue weighted by Crippen LogP contribution is -2.34. The Labute approximate surface area is 127 Å². The van der Waals surface area contributed by atoms with Gasteiger partial charge in [-0.25, -0.2) is 9.97 Å². The summed E-state index contributed by atoms with van der Waals surface area (Å²) in [6.45, 7) is 7.49. The Hall–Kier alpha value is -0.330. The van der Waals surface area contributed by atoms with Gasteiger partial charge in [0.15, 0.2) is 0 Å². The van der Waals surface area contributed by atoms with Gasteiger partial charge >= 0.3 is 0 Å². The molecule has 19 heavy (non-hydrogen) atoms. The highest BCUT2D eigenvalue weighted by Crippen LogP contribution is 2.34. The van der Waals surface area contributed by atoms with Crippen LogP contribution in [0.25, 0.3) is 0 Å². The van der Waals surface area contributed by atoms with E-state index in [-0.39, 0.29) is 11.5 Å². The van der Waals surface area contributed by atoms with Crippen molar-refractivity contribution in [2.45, 2.75) is 32.2 Å². The second-order valence-electron chi connectivity index (χ2n) is 5.95. The van der Waals surface area contributed by atoms with Gasteiger partial charge in [-0.1, -0.05) is 20.8 Å². The molecule has 1 aliphatic heterocycles. The molecule has 0 amide bonds. The van der Waals surface area contributed by atoms with Crippen LogP contribution in [0.1, 0.15) is 38.3 Å². The van der Waals surface area contributed by atoms with Crippen molar-refractivity contribution in [2.24, 2.45) is 0 Å². The van der Waals surface area contributed by atoms with E-state index in [2.05, 4.69) is 53.6 Å². The van der Waals surface area contributed by atoms with Gasteiger partial charge in [-0.3, -0.25) is 4.90 Å². The minimum atomic E-state index is -0.0506. The quantitative estimate of drug-likeness (QED) is 0.848. The van der Waals surface area contributed by atoms with Crippen LogP contribution in [-0.2, 0) is 5.41 Å². The lowest BCUT2D eigenvalue weighted by Gasteiger charge is -2.32. The molecule has 0 bridgehead atoms. The summed E-state index contributed by atoms with van der Waals surface area (Å²) in [6, 6.07) is 0.259. The minimum Gasteiger partial charge on any atom is -0.383 e. The molecular weight excluding hydrogens is 324 g/mol. The number of thioether (sulfide) groups is 1. The molecule has 1 fully saturated rings. The molecular formula is C13H21BrN4S. The molecule has 0 spiro atoms. The number of aromatic nitrogens is 2. The zero-order valence-corrected chi connectivity index (χ0v) is 14.3. The maximum atomic E-state index is 6.05. The molecule has 1 atom stereocenters. The van der Waals surface area contributed by atoms with Crippen molar-refractivity contribution in [3.8, 4) is 0 Å². The summed E-state index contributed by atoms with van der Waals surface area (Å²) < 4.78 is 0.829. The maximum absolute atomic E-state index is 6.05. The Bertz CT molecular complexity index is 472. The minimum absolute atomic E-state index is 0.0506. The molecule has 6 heteroatoms. The molecule has 2 rings (SSSR count). The SMILES string of the molecule is CN1CCSCC1c1nc(N)c(Br)c(C(C)(C)C)n1. The van der Waals surface area contributed by atoms with Crippen LogP contribution in [-0.4, -0.2) is 40.0 Å². The molecule has 0 radical (unpaired) electrons. The summed E-state index contributed by atoms with van der Waals surface area (Å²) in [6.07, 6.45) is 0. The number of nitrogen functional groups attached to an aromatic ring is 1. The Balaban J connectivity index is 2.44. The number of hydrogen-bond donors (Lipinski definition) is 1. The largest absolute Gasteiger partial charge is 0.383 e. The summed E-state index contributed by atoms with van der Waals surface area (Å²) in [5.41, 5.74) is 6.98. The van der Waals surface area contributed by atoms with Crippen LogP contribution in [0, 0.1) is 0 Å². The van der Waals surface area contributed by atoms with Crippen molar-refractivity contribution in [2.75, 3.05) is 30.8 Å². The average molecular weight is 345 g/mol. The van der Waals surface area contributed by atoms with Crippen LogP contribution in [0.3, 0.4) is 0 Å². The van der Waals surface area contributed by atoms with E-state index in [1.807, 2.05) is 11.8 Å². The predicted octanol–water partition coefficient (Wildman–Crippen LogP) is 2.84. The number of nitrogens with two attached hydrogens (primary N) is 1. The van der Waals surface area contributed by atoms with Crippen LogP contribution < -0.4 is 5.73 Å². The highest BCUT2D eigenvalue weighted by molar-refractivity contribution is 9.10. The zero-order valence-electron chi connectivity index (χ0n) is 11.9. The van der Waals surface area contributed by atoms with Gasteiger partial charge in [0.05, 0.1) is 16.2 Å². The van der Waals surface area contributed by atoms with E-state index in [1.165, 1.54) is 5.75 Å². The Morgan fingerprint density at radius 1 is 1.37 bits per heavy atom. The molecule has 1 aromatic heterocycles. The van der Waals surface area contributed by atoms with Crippen LogP contribution in [0.2, 0.25) is 0 Å².